The van der Waals surface area contributed by atoms with Crippen LogP contribution in [0.2, 0.25) is 5.02 Å². The van der Waals surface area contributed by atoms with Crippen molar-refractivity contribution >= 4 is 40.0 Å². The van der Waals surface area contributed by atoms with Crippen LogP contribution in [0.25, 0.3) is 11.2 Å². The summed E-state index contributed by atoms with van der Waals surface area (Å²) in [5.74, 6) is 1.54. The van der Waals surface area contributed by atoms with Gasteiger partial charge < -0.3 is 10.3 Å². The largest absolute Gasteiger partial charge is 0.392 e. The van der Waals surface area contributed by atoms with Crippen LogP contribution >= 0.6 is 23.8 Å². The first-order chi connectivity index (χ1) is 9.65. The molecule has 0 amide bonds. The van der Waals surface area contributed by atoms with Crippen molar-refractivity contribution in [1.82, 2.24) is 14.5 Å². The second-order valence-electron chi connectivity index (χ2n) is 5.35. The Morgan fingerprint density at radius 1 is 1.40 bits per heavy atom. The predicted molar refractivity (Wildman–Crippen MR) is 85.1 cm³/mol. The van der Waals surface area contributed by atoms with Crippen molar-refractivity contribution in [1.29, 1.82) is 0 Å². The molecule has 0 aromatic carbocycles. The summed E-state index contributed by atoms with van der Waals surface area (Å²) in [6.07, 6.45) is 7.83. The van der Waals surface area contributed by atoms with Gasteiger partial charge in [-0.1, -0.05) is 43.1 Å². The summed E-state index contributed by atoms with van der Waals surface area (Å²) in [4.78, 5) is 9.61. The number of hydrogen-bond donors (Lipinski definition) is 1. The molecule has 1 fully saturated rings. The van der Waals surface area contributed by atoms with Gasteiger partial charge in [-0.25, -0.2) is 9.97 Å². The molecule has 0 saturated heterocycles. The average Bonchev–Trinajstić information content (AvgIpc) is 2.77. The smallest absolute Gasteiger partial charge is 0.160 e. The lowest BCUT2D eigenvalue weighted by atomic mass is 9.88. The van der Waals surface area contributed by atoms with E-state index in [1.54, 1.807) is 6.20 Å². The molecule has 0 radical (unpaired) electrons. The zero-order valence-corrected chi connectivity index (χ0v) is 12.8. The summed E-state index contributed by atoms with van der Waals surface area (Å²) >= 11 is 11.1. The highest BCUT2D eigenvalue weighted by Crippen LogP contribution is 2.33. The summed E-state index contributed by atoms with van der Waals surface area (Å²) in [6.45, 7) is 0.492. The van der Waals surface area contributed by atoms with Gasteiger partial charge in [0.1, 0.15) is 11.3 Å². The van der Waals surface area contributed by atoms with Gasteiger partial charge in [0.2, 0.25) is 0 Å². The number of halogens is 1. The minimum atomic E-state index is 0.457. The number of imidazole rings is 1. The van der Waals surface area contributed by atoms with Crippen molar-refractivity contribution < 1.29 is 0 Å². The van der Waals surface area contributed by atoms with Crippen LogP contribution in [-0.2, 0) is 6.54 Å². The molecule has 106 valence electrons. The van der Waals surface area contributed by atoms with Gasteiger partial charge in [0.15, 0.2) is 5.65 Å². The van der Waals surface area contributed by atoms with Gasteiger partial charge in [-0.3, -0.25) is 0 Å². The van der Waals surface area contributed by atoms with Gasteiger partial charge in [-0.15, -0.1) is 0 Å². The first-order valence-corrected chi connectivity index (χ1v) is 7.74. The third kappa shape index (κ3) is 2.65. The Labute approximate surface area is 128 Å². The van der Waals surface area contributed by atoms with Crippen molar-refractivity contribution in [2.24, 2.45) is 5.73 Å². The van der Waals surface area contributed by atoms with Gasteiger partial charge in [0.25, 0.3) is 0 Å². The van der Waals surface area contributed by atoms with E-state index in [1.807, 2.05) is 6.07 Å². The van der Waals surface area contributed by atoms with Crippen LogP contribution in [0.1, 0.15) is 43.8 Å². The van der Waals surface area contributed by atoms with E-state index in [0.29, 0.717) is 22.5 Å². The predicted octanol–water partition coefficient (Wildman–Crippen LogP) is 3.42. The number of thiocarbonyl (C=S) groups is 1. The van der Waals surface area contributed by atoms with E-state index in [2.05, 4.69) is 9.55 Å². The molecule has 4 nitrogen and oxygen atoms in total. The first-order valence-electron chi connectivity index (χ1n) is 6.95. The van der Waals surface area contributed by atoms with E-state index in [-0.39, 0.29) is 0 Å². The number of pyridine rings is 1. The van der Waals surface area contributed by atoms with Crippen LogP contribution in [0, 0.1) is 0 Å². The molecule has 0 bridgehead atoms. The number of hydrogen-bond acceptors (Lipinski definition) is 3. The van der Waals surface area contributed by atoms with Crippen LogP contribution in [-0.4, -0.2) is 19.5 Å². The monoisotopic (exact) mass is 308 g/mol. The highest BCUT2D eigenvalue weighted by Gasteiger charge is 2.23. The molecule has 1 aliphatic carbocycles. The Morgan fingerprint density at radius 3 is 2.85 bits per heavy atom. The fourth-order valence-corrected chi connectivity index (χ4v) is 3.27. The highest BCUT2D eigenvalue weighted by molar-refractivity contribution is 7.80. The van der Waals surface area contributed by atoms with Crippen molar-refractivity contribution in [2.45, 2.75) is 44.6 Å². The second kappa shape index (κ2) is 5.66. The molecule has 0 unspecified atom stereocenters. The van der Waals surface area contributed by atoms with Crippen LogP contribution in [0.5, 0.6) is 0 Å². The van der Waals surface area contributed by atoms with Gasteiger partial charge in [0.05, 0.1) is 16.6 Å². The average molecular weight is 309 g/mol. The SMILES string of the molecule is NC(=S)Cn1c(C2CCCCC2)nc2cc(Cl)cnc21. The summed E-state index contributed by atoms with van der Waals surface area (Å²) in [5.41, 5.74) is 7.38. The Balaban J connectivity index is 2.10. The zero-order valence-electron chi connectivity index (χ0n) is 11.2. The highest BCUT2D eigenvalue weighted by atomic mass is 35.5. The van der Waals surface area contributed by atoms with Crippen molar-refractivity contribution in [2.75, 3.05) is 0 Å². The van der Waals surface area contributed by atoms with E-state index in [1.165, 1.54) is 32.1 Å². The molecule has 3 rings (SSSR count). The van der Waals surface area contributed by atoms with E-state index < -0.39 is 0 Å². The zero-order chi connectivity index (χ0) is 14.1. The van der Waals surface area contributed by atoms with Gasteiger partial charge in [0, 0.05) is 12.1 Å². The summed E-state index contributed by atoms with van der Waals surface area (Å²) in [6, 6.07) is 1.85. The van der Waals surface area contributed by atoms with Crippen LogP contribution < -0.4 is 5.73 Å². The van der Waals surface area contributed by atoms with Gasteiger partial charge in [-0.2, -0.15) is 0 Å². The molecular weight excluding hydrogens is 292 g/mol. The molecule has 2 aromatic rings. The molecule has 2 heterocycles. The molecule has 0 spiro atoms. The molecule has 2 N–H and O–H groups in total. The minimum absolute atomic E-state index is 0.457. The maximum absolute atomic E-state index is 6.01. The maximum atomic E-state index is 6.01. The second-order valence-corrected chi connectivity index (χ2v) is 6.31. The Kier molecular flexibility index (Phi) is 3.89. The van der Waals surface area contributed by atoms with Gasteiger partial charge in [-0.05, 0) is 18.9 Å². The fraction of sp³-hybridized carbons (Fsp3) is 0.500. The van der Waals surface area contributed by atoms with Crippen molar-refractivity contribution in [3.8, 4) is 0 Å². The molecule has 2 aromatic heterocycles. The molecular formula is C14H17ClN4S. The topological polar surface area (TPSA) is 56.7 Å². The van der Waals surface area contributed by atoms with E-state index >= 15 is 0 Å². The number of fused-ring (bicyclic) bond motifs is 1. The third-order valence-corrected chi connectivity index (χ3v) is 4.20. The van der Waals surface area contributed by atoms with E-state index in [0.717, 1.165) is 17.0 Å². The first kappa shape index (κ1) is 13.8. The lowest BCUT2D eigenvalue weighted by molar-refractivity contribution is 0.421. The third-order valence-electron chi connectivity index (χ3n) is 3.87. The number of aromatic nitrogens is 3. The number of rotatable bonds is 3. The molecule has 0 atom stereocenters. The van der Waals surface area contributed by atoms with Gasteiger partial charge >= 0.3 is 0 Å². The Morgan fingerprint density at radius 2 is 2.15 bits per heavy atom. The standard InChI is InChI=1S/C14H17ClN4S/c15-10-6-11-14(17-7-10)19(8-12(16)20)13(18-11)9-4-2-1-3-5-9/h6-7,9H,1-5,8H2,(H2,16,20). The lowest BCUT2D eigenvalue weighted by Gasteiger charge is -2.22. The minimum Gasteiger partial charge on any atom is -0.392 e. The fourth-order valence-electron chi connectivity index (χ4n) is 2.99. The molecule has 0 aliphatic heterocycles. The maximum Gasteiger partial charge on any atom is 0.160 e. The summed E-state index contributed by atoms with van der Waals surface area (Å²) < 4.78 is 2.06. The molecule has 20 heavy (non-hydrogen) atoms. The molecule has 1 aliphatic rings. The summed E-state index contributed by atoms with van der Waals surface area (Å²) in [7, 11) is 0. The van der Waals surface area contributed by atoms with Crippen LogP contribution in [0.15, 0.2) is 12.3 Å². The summed E-state index contributed by atoms with van der Waals surface area (Å²) in [5, 5.41) is 0.604. The quantitative estimate of drug-likeness (QED) is 0.883. The Bertz CT molecular complexity index is 646. The van der Waals surface area contributed by atoms with E-state index in [4.69, 9.17) is 34.5 Å². The van der Waals surface area contributed by atoms with E-state index in [9.17, 15) is 0 Å². The Hall–Kier alpha value is -1.20. The van der Waals surface area contributed by atoms with Crippen LogP contribution in [0.4, 0.5) is 0 Å². The normalized spacial score (nSPS) is 16.6. The van der Waals surface area contributed by atoms with Crippen LogP contribution in [0.3, 0.4) is 0 Å². The molecule has 1 saturated carbocycles. The number of nitrogens with two attached hydrogens (primary N) is 1. The van der Waals surface area contributed by atoms with Crippen molar-refractivity contribution in [3.63, 3.8) is 0 Å². The molecule has 6 heteroatoms. The number of nitrogens with zero attached hydrogens (tertiary/aromatic N) is 3. The van der Waals surface area contributed by atoms with Crippen molar-refractivity contribution in [3.05, 3.63) is 23.1 Å². The lowest BCUT2D eigenvalue weighted by Crippen LogP contribution is -2.20.